The predicted molar refractivity (Wildman–Crippen MR) is 113 cm³/mol. The molecule has 1 fully saturated rings. The lowest BCUT2D eigenvalue weighted by Gasteiger charge is -2.24. The number of carbonyl (C=O) groups is 2. The van der Waals surface area contributed by atoms with Crippen LogP contribution in [0.2, 0.25) is 0 Å². The van der Waals surface area contributed by atoms with E-state index in [0.29, 0.717) is 42.4 Å². The summed E-state index contributed by atoms with van der Waals surface area (Å²) >= 11 is 0. The topological polar surface area (TPSA) is 83.2 Å². The lowest BCUT2D eigenvalue weighted by Crippen LogP contribution is -2.32. The molecule has 1 aliphatic heterocycles. The van der Waals surface area contributed by atoms with Crippen molar-refractivity contribution >= 4 is 17.4 Å². The van der Waals surface area contributed by atoms with Crippen LogP contribution >= 0.6 is 0 Å². The van der Waals surface area contributed by atoms with Crippen LogP contribution in [0.25, 0.3) is 5.76 Å². The van der Waals surface area contributed by atoms with Gasteiger partial charge in [-0.15, -0.1) is 0 Å². The van der Waals surface area contributed by atoms with Crippen molar-refractivity contribution in [2.75, 3.05) is 33.8 Å². The maximum atomic E-state index is 12.9. The lowest BCUT2D eigenvalue weighted by atomic mass is 9.99. The van der Waals surface area contributed by atoms with Crippen molar-refractivity contribution in [2.45, 2.75) is 26.3 Å². The van der Waals surface area contributed by atoms with E-state index in [9.17, 15) is 14.7 Å². The number of furan rings is 1. The van der Waals surface area contributed by atoms with E-state index < -0.39 is 17.7 Å². The molecule has 0 bridgehead atoms. The lowest BCUT2D eigenvalue weighted by molar-refractivity contribution is -0.140. The van der Waals surface area contributed by atoms with Crippen LogP contribution in [0.4, 0.5) is 0 Å². The summed E-state index contributed by atoms with van der Waals surface area (Å²) in [5.41, 5.74) is 0.452. The Kier molecular flexibility index (Phi) is 6.62. The van der Waals surface area contributed by atoms with Crippen molar-refractivity contribution in [1.29, 1.82) is 0 Å². The Hall–Kier alpha value is -3.06. The summed E-state index contributed by atoms with van der Waals surface area (Å²) in [5, 5.41) is 11.0. The zero-order valence-corrected chi connectivity index (χ0v) is 17.8. The van der Waals surface area contributed by atoms with Crippen LogP contribution in [0.5, 0.6) is 5.75 Å². The zero-order chi connectivity index (χ0) is 21.8. The van der Waals surface area contributed by atoms with Crippen LogP contribution in [0.15, 0.2) is 46.4 Å². The number of aliphatic hydroxyl groups excluding tert-OH is 1. The van der Waals surface area contributed by atoms with E-state index in [2.05, 4.69) is 0 Å². The number of ether oxygens (including phenoxy) is 1. The Balaban J connectivity index is 2.06. The van der Waals surface area contributed by atoms with Crippen LogP contribution in [-0.2, 0) is 9.59 Å². The number of carbonyl (C=O) groups excluding carboxylic acids is 2. The second-order valence-corrected chi connectivity index (χ2v) is 7.56. The molecule has 7 nitrogen and oxygen atoms in total. The number of rotatable bonds is 8. The van der Waals surface area contributed by atoms with Crippen molar-refractivity contribution in [2.24, 2.45) is 0 Å². The number of Topliss-reactive ketones (excluding diaryl/α,β-unsaturated/α-hetero) is 1. The molecule has 0 spiro atoms. The van der Waals surface area contributed by atoms with Gasteiger partial charge in [0, 0.05) is 12.1 Å². The summed E-state index contributed by atoms with van der Waals surface area (Å²) < 4.78 is 11.3. The van der Waals surface area contributed by atoms with Gasteiger partial charge in [-0.1, -0.05) is 12.1 Å². The Bertz CT molecular complexity index is 960. The summed E-state index contributed by atoms with van der Waals surface area (Å²) in [6.45, 7) is 5.29. The molecule has 1 atom stereocenters. The van der Waals surface area contributed by atoms with Crippen molar-refractivity contribution in [1.82, 2.24) is 9.80 Å². The number of nitrogens with zero attached hydrogens (tertiary/aromatic N) is 2. The van der Waals surface area contributed by atoms with E-state index >= 15 is 0 Å². The number of benzene rings is 1. The molecule has 1 aromatic carbocycles. The smallest absolute Gasteiger partial charge is 0.295 e. The second-order valence-electron chi connectivity index (χ2n) is 7.56. The molecule has 2 aromatic rings. The Morgan fingerprint density at radius 3 is 2.63 bits per heavy atom. The fraction of sp³-hybridized carbons (Fsp3) is 0.391. The molecular formula is C23H28N2O5. The highest BCUT2D eigenvalue weighted by atomic mass is 16.5. The molecule has 3 rings (SSSR count). The standard InChI is InChI=1S/C23H28N2O5/c1-5-29-17-9-6-8-16(14-17)21(26)19-20(18-11-10-15(2)30-18)25(23(28)22(19)27)13-7-12-24(3)4/h6,8-11,14,20,26H,5,7,12-13H2,1-4H3/t20-/m1/s1. The third kappa shape index (κ3) is 4.41. The van der Waals surface area contributed by atoms with Gasteiger partial charge in [0.05, 0.1) is 12.2 Å². The highest BCUT2D eigenvalue weighted by Crippen LogP contribution is 2.40. The molecule has 1 saturated heterocycles. The highest BCUT2D eigenvalue weighted by Gasteiger charge is 2.47. The molecule has 0 saturated carbocycles. The van der Waals surface area contributed by atoms with Crippen LogP contribution in [0.1, 0.15) is 36.5 Å². The van der Waals surface area contributed by atoms with Crippen LogP contribution < -0.4 is 4.74 Å². The maximum absolute atomic E-state index is 12.9. The van der Waals surface area contributed by atoms with E-state index in [4.69, 9.17) is 9.15 Å². The van der Waals surface area contributed by atoms with Crippen LogP contribution in [0.3, 0.4) is 0 Å². The molecule has 0 aliphatic carbocycles. The van der Waals surface area contributed by atoms with Crippen LogP contribution in [0, 0.1) is 6.92 Å². The molecule has 160 valence electrons. The van der Waals surface area contributed by atoms with Crippen molar-refractivity contribution in [3.8, 4) is 5.75 Å². The van der Waals surface area contributed by atoms with Gasteiger partial charge in [-0.3, -0.25) is 9.59 Å². The van der Waals surface area contributed by atoms with Crippen molar-refractivity contribution < 1.29 is 23.8 Å². The summed E-state index contributed by atoms with van der Waals surface area (Å²) in [7, 11) is 3.90. The van der Waals surface area contributed by atoms with Crippen molar-refractivity contribution in [3.05, 3.63) is 59.1 Å². The van der Waals surface area contributed by atoms with Gasteiger partial charge in [0.25, 0.3) is 11.7 Å². The summed E-state index contributed by atoms with van der Waals surface area (Å²) in [6.07, 6.45) is 0.691. The van der Waals surface area contributed by atoms with Gasteiger partial charge in [-0.2, -0.15) is 0 Å². The van der Waals surface area contributed by atoms with Gasteiger partial charge in [0.1, 0.15) is 29.1 Å². The first-order valence-corrected chi connectivity index (χ1v) is 10.1. The molecule has 1 N–H and O–H groups in total. The molecule has 1 aliphatic rings. The van der Waals surface area contributed by atoms with E-state index in [-0.39, 0.29) is 11.3 Å². The second kappa shape index (κ2) is 9.17. The van der Waals surface area contributed by atoms with Gasteiger partial charge in [-0.25, -0.2) is 0 Å². The molecule has 0 radical (unpaired) electrons. The number of aryl methyl sites for hydroxylation is 1. The van der Waals surface area contributed by atoms with E-state index in [1.54, 1.807) is 43.3 Å². The average Bonchev–Trinajstić information content (AvgIpc) is 3.24. The first-order chi connectivity index (χ1) is 14.3. The molecule has 2 heterocycles. The molecule has 7 heteroatoms. The Labute approximate surface area is 176 Å². The van der Waals surface area contributed by atoms with Gasteiger partial charge in [0.2, 0.25) is 0 Å². The number of ketones is 1. The first-order valence-electron chi connectivity index (χ1n) is 10.1. The number of aliphatic hydroxyl groups is 1. The fourth-order valence-corrected chi connectivity index (χ4v) is 3.62. The largest absolute Gasteiger partial charge is 0.507 e. The number of likely N-dealkylation sites (tertiary alicyclic amines) is 1. The van der Waals surface area contributed by atoms with Crippen molar-refractivity contribution in [3.63, 3.8) is 0 Å². The quantitative estimate of drug-likeness (QED) is 0.407. The molecule has 30 heavy (non-hydrogen) atoms. The van der Waals surface area contributed by atoms with E-state index in [1.165, 1.54) is 4.90 Å². The number of hydrogen-bond donors (Lipinski definition) is 1. The third-order valence-electron chi connectivity index (χ3n) is 4.99. The maximum Gasteiger partial charge on any atom is 0.295 e. The summed E-state index contributed by atoms with van der Waals surface area (Å²) in [6, 6.07) is 9.60. The fourth-order valence-electron chi connectivity index (χ4n) is 3.62. The third-order valence-corrected chi connectivity index (χ3v) is 4.99. The SMILES string of the molecule is CCOc1cccc(C(O)=C2C(=O)C(=O)N(CCCN(C)C)[C@@H]2c2ccc(C)o2)c1. The summed E-state index contributed by atoms with van der Waals surface area (Å²) in [5.74, 6) is 0.131. The Morgan fingerprint density at radius 1 is 1.23 bits per heavy atom. The van der Waals surface area contributed by atoms with E-state index in [1.807, 2.05) is 25.9 Å². The minimum atomic E-state index is -0.767. The Morgan fingerprint density at radius 2 is 2.00 bits per heavy atom. The molecule has 1 aromatic heterocycles. The predicted octanol–water partition coefficient (Wildman–Crippen LogP) is 3.36. The minimum absolute atomic E-state index is 0.0350. The zero-order valence-electron chi connectivity index (χ0n) is 17.8. The molecule has 1 amide bonds. The van der Waals surface area contributed by atoms with Gasteiger partial charge < -0.3 is 24.1 Å². The highest BCUT2D eigenvalue weighted by molar-refractivity contribution is 6.46. The average molecular weight is 412 g/mol. The molecule has 0 unspecified atom stereocenters. The van der Waals surface area contributed by atoms with Gasteiger partial charge in [-0.05, 0) is 65.2 Å². The van der Waals surface area contributed by atoms with Crippen LogP contribution in [-0.4, -0.2) is 60.4 Å². The number of hydrogen-bond acceptors (Lipinski definition) is 6. The molecular weight excluding hydrogens is 384 g/mol. The van der Waals surface area contributed by atoms with Gasteiger partial charge >= 0.3 is 0 Å². The monoisotopic (exact) mass is 412 g/mol. The van der Waals surface area contributed by atoms with Gasteiger partial charge in [0.15, 0.2) is 0 Å². The summed E-state index contributed by atoms with van der Waals surface area (Å²) in [4.78, 5) is 29.3. The normalized spacial score (nSPS) is 18.4. The first kappa shape index (κ1) is 21.6. The van der Waals surface area contributed by atoms with E-state index in [0.717, 1.165) is 6.54 Å². The minimum Gasteiger partial charge on any atom is -0.507 e. The number of amides is 1.